The maximum atomic E-state index is 2.39. The maximum absolute atomic E-state index is 2.39. The lowest BCUT2D eigenvalue weighted by Crippen LogP contribution is -2.29. The van der Waals surface area contributed by atoms with Crippen LogP contribution in [-0.4, -0.2) is 11.4 Å². The van der Waals surface area contributed by atoms with Crippen LogP contribution in [0, 0.1) is 11.3 Å². The largest absolute Gasteiger partial charge is 0.344 e. The fourth-order valence-corrected chi connectivity index (χ4v) is 2.65. The summed E-state index contributed by atoms with van der Waals surface area (Å²) < 4.78 is 0. The molecule has 0 saturated heterocycles. The second-order valence-electron chi connectivity index (χ2n) is 6.18. The Bertz CT molecular complexity index is 425. The molecule has 0 aromatic carbocycles. The third kappa shape index (κ3) is 2.24. The first kappa shape index (κ1) is 12.2. The van der Waals surface area contributed by atoms with E-state index in [1.165, 1.54) is 16.8 Å². The minimum Gasteiger partial charge on any atom is -0.344 e. The van der Waals surface area contributed by atoms with Gasteiger partial charge in [-0.1, -0.05) is 46.8 Å². The van der Waals surface area contributed by atoms with Crippen LogP contribution in [0.2, 0.25) is 0 Å². The number of nitrogens with zero attached hydrogens (tertiary/aromatic N) is 1. The molecule has 2 aliphatic rings. The van der Waals surface area contributed by atoms with Crippen LogP contribution >= 0.6 is 0 Å². The van der Waals surface area contributed by atoms with Crippen molar-refractivity contribution in [2.75, 3.05) is 6.54 Å². The fraction of sp³-hybridized carbons (Fsp3) is 0.500. The summed E-state index contributed by atoms with van der Waals surface area (Å²) in [4.78, 5) is 2.34. The van der Waals surface area contributed by atoms with Gasteiger partial charge in [-0.15, -0.1) is 0 Å². The van der Waals surface area contributed by atoms with Crippen LogP contribution in [0.5, 0.6) is 0 Å². The van der Waals surface area contributed by atoms with Gasteiger partial charge >= 0.3 is 0 Å². The van der Waals surface area contributed by atoms with Crippen LogP contribution in [0.15, 0.2) is 47.3 Å². The van der Waals surface area contributed by atoms with Crippen LogP contribution in [0.25, 0.3) is 0 Å². The SMILES string of the molecule is CC(C)C1=CCN2C=CC=CC2=C1C(C)(C)C. The molecule has 2 heterocycles. The molecule has 0 spiro atoms. The van der Waals surface area contributed by atoms with E-state index >= 15 is 0 Å². The van der Waals surface area contributed by atoms with Crippen molar-refractivity contribution in [2.24, 2.45) is 11.3 Å². The number of hydrogen-bond acceptors (Lipinski definition) is 1. The Hall–Kier alpha value is -1.24. The van der Waals surface area contributed by atoms with Crippen molar-refractivity contribution in [1.82, 2.24) is 4.90 Å². The lowest BCUT2D eigenvalue weighted by Gasteiger charge is -2.38. The Morgan fingerprint density at radius 3 is 2.47 bits per heavy atom. The highest BCUT2D eigenvalue weighted by molar-refractivity contribution is 5.49. The third-order valence-corrected chi connectivity index (χ3v) is 3.37. The predicted octanol–water partition coefficient (Wildman–Crippen LogP) is 4.27. The molecule has 0 aliphatic carbocycles. The topological polar surface area (TPSA) is 3.24 Å². The molecule has 0 amide bonds. The van der Waals surface area contributed by atoms with Gasteiger partial charge in [-0.3, -0.25) is 0 Å². The van der Waals surface area contributed by atoms with Gasteiger partial charge < -0.3 is 4.90 Å². The number of allylic oxidation sites excluding steroid dienone is 5. The summed E-state index contributed by atoms with van der Waals surface area (Å²) >= 11 is 0. The Morgan fingerprint density at radius 1 is 1.18 bits per heavy atom. The predicted molar refractivity (Wildman–Crippen MR) is 74.4 cm³/mol. The van der Waals surface area contributed by atoms with Crippen molar-refractivity contribution < 1.29 is 0 Å². The molecule has 0 atom stereocenters. The maximum Gasteiger partial charge on any atom is 0.0449 e. The van der Waals surface area contributed by atoms with Gasteiger partial charge in [0.1, 0.15) is 0 Å². The summed E-state index contributed by atoms with van der Waals surface area (Å²) in [5, 5.41) is 0. The lowest BCUT2D eigenvalue weighted by molar-refractivity contribution is 0.434. The van der Waals surface area contributed by atoms with Gasteiger partial charge in [0.2, 0.25) is 0 Å². The summed E-state index contributed by atoms with van der Waals surface area (Å²) in [7, 11) is 0. The molecule has 0 N–H and O–H groups in total. The van der Waals surface area contributed by atoms with Gasteiger partial charge in [0, 0.05) is 18.4 Å². The summed E-state index contributed by atoms with van der Waals surface area (Å²) in [6.07, 6.45) is 11.1. The van der Waals surface area contributed by atoms with Crippen molar-refractivity contribution >= 4 is 0 Å². The first-order chi connectivity index (χ1) is 7.91. The lowest BCUT2D eigenvalue weighted by atomic mass is 9.75. The molecular formula is C16H23N. The molecule has 0 bridgehead atoms. The quantitative estimate of drug-likeness (QED) is 0.649. The van der Waals surface area contributed by atoms with E-state index in [-0.39, 0.29) is 5.41 Å². The zero-order valence-corrected chi connectivity index (χ0v) is 11.6. The van der Waals surface area contributed by atoms with E-state index in [9.17, 15) is 0 Å². The molecule has 0 saturated carbocycles. The first-order valence-electron chi connectivity index (χ1n) is 6.48. The average Bonchev–Trinajstić information content (AvgIpc) is 2.26. The Morgan fingerprint density at radius 2 is 1.88 bits per heavy atom. The van der Waals surface area contributed by atoms with E-state index < -0.39 is 0 Å². The molecule has 0 fully saturated rings. The monoisotopic (exact) mass is 229 g/mol. The number of rotatable bonds is 1. The third-order valence-electron chi connectivity index (χ3n) is 3.37. The molecule has 1 heteroatoms. The smallest absolute Gasteiger partial charge is 0.0449 e. The van der Waals surface area contributed by atoms with E-state index in [1.54, 1.807) is 0 Å². The Labute approximate surface area is 105 Å². The fourth-order valence-electron chi connectivity index (χ4n) is 2.65. The first-order valence-corrected chi connectivity index (χ1v) is 6.48. The molecule has 2 rings (SSSR count). The summed E-state index contributed by atoms with van der Waals surface area (Å²) in [5.41, 5.74) is 4.59. The van der Waals surface area contributed by atoms with Crippen molar-refractivity contribution in [3.05, 3.63) is 47.3 Å². The average molecular weight is 229 g/mol. The summed E-state index contributed by atoms with van der Waals surface area (Å²) in [5.74, 6) is 0.596. The van der Waals surface area contributed by atoms with Gasteiger partial charge in [0.05, 0.1) is 0 Å². The van der Waals surface area contributed by atoms with E-state index in [0.717, 1.165) is 6.54 Å². The van der Waals surface area contributed by atoms with Gasteiger partial charge in [-0.05, 0) is 34.6 Å². The van der Waals surface area contributed by atoms with Crippen LogP contribution < -0.4 is 0 Å². The molecule has 92 valence electrons. The molecule has 0 radical (unpaired) electrons. The van der Waals surface area contributed by atoms with Crippen molar-refractivity contribution in [3.8, 4) is 0 Å². The van der Waals surface area contributed by atoms with Crippen molar-refractivity contribution in [2.45, 2.75) is 34.6 Å². The minimum absolute atomic E-state index is 0.194. The highest BCUT2D eigenvalue weighted by atomic mass is 15.1. The normalized spacial score (nSPS) is 19.9. The van der Waals surface area contributed by atoms with Gasteiger partial charge in [0.25, 0.3) is 0 Å². The highest BCUT2D eigenvalue weighted by Gasteiger charge is 2.29. The van der Waals surface area contributed by atoms with Gasteiger partial charge in [-0.25, -0.2) is 0 Å². The molecule has 0 unspecified atom stereocenters. The van der Waals surface area contributed by atoms with Gasteiger partial charge in [0.15, 0.2) is 0 Å². The van der Waals surface area contributed by atoms with Crippen LogP contribution in [0.1, 0.15) is 34.6 Å². The molecule has 0 aromatic heterocycles. The van der Waals surface area contributed by atoms with E-state index in [2.05, 4.69) is 70.0 Å². The summed E-state index contributed by atoms with van der Waals surface area (Å²) in [6.45, 7) is 12.5. The van der Waals surface area contributed by atoms with Crippen molar-refractivity contribution in [1.29, 1.82) is 0 Å². The van der Waals surface area contributed by atoms with Crippen LogP contribution in [0.3, 0.4) is 0 Å². The zero-order valence-electron chi connectivity index (χ0n) is 11.6. The molecule has 0 aromatic rings. The highest BCUT2D eigenvalue weighted by Crippen LogP contribution is 2.41. The number of fused-ring (bicyclic) bond motifs is 1. The molecule has 2 aliphatic heterocycles. The summed E-state index contributed by atoms with van der Waals surface area (Å²) in [6, 6.07) is 0. The Balaban J connectivity index is 2.55. The van der Waals surface area contributed by atoms with Crippen LogP contribution in [-0.2, 0) is 0 Å². The standard InChI is InChI=1S/C16H23N/c1-12(2)13-9-11-17-10-7-6-8-14(17)15(13)16(3,4)5/h6-10,12H,11H2,1-5H3. The molecule has 17 heavy (non-hydrogen) atoms. The second-order valence-corrected chi connectivity index (χ2v) is 6.18. The van der Waals surface area contributed by atoms with Crippen LogP contribution in [0.4, 0.5) is 0 Å². The number of hydrogen-bond donors (Lipinski definition) is 0. The zero-order chi connectivity index (χ0) is 12.6. The van der Waals surface area contributed by atoms with Gasteiger partial charge in [-0.2, -0.15) is 0 Å². The van der Waals surface area contributed by atoms with E-state index in [4.69, 9.17) is 0 Å². The minimum atomic E-state index is 0.194. The Kier molecular flexibility index (Phi) is 3.03. The van der Waals surface area contributed by atoms with Crippen molar-refractivity contribution in [3.63, 3.8) is 0 Å². The second kappa shape index (κ2) is 4.21. The van der Waals surface area contributed by atoms with E-state index in [0.29, 0.717) is 5.92 Å². The van der Waals surface area contributed by atoms with E-state index in [1.807, 2.05) is 0 Å². The molecule has 1 nitrogen and oxygen atoms in total. The molecular weight excluding hydrogens is 206 g/mol.